The van der Waals surface area contributed by atoms with Gasteiger partial charge in [0.15, 0.2) is 5.11 Å². The van der Waals surface area contributed by atoms with Crippen LogP contribution in [0.4, 0.5) is 0 Å². The molecule has 1 saturated heterocycles. The summed E-state index contributed by atoms with van der Waals surface area (Å²) in [6.45, 7) is 7.16. The third kappa shape index (κ3) is 4.07. The first kappa shape index (κ1) is 21.8. The minimum atomic E-state index is -0.0678. The van der Waals surface area contributed by atoms with Crippen molar-refractivity contribution in [1.82, 2.24) is 19.8 Å². The highest BCUT2D eigenvalue weighted by Gasteiger charge is 2.41. The van der Waals surface area contributed by atoms with Crippen molar-refractivity contribution < 1.29 is 5.11 Å². The van der Waals surface area contributed by atoms with Crippen molar-refractivity contribution in [3.05, 3.63) is 81.9 Å². The van der Waals surface area contributed by atoms with E-state index in [4.69, 9.17) is 23.8 Å². The van der Waals surface area contributed by atoms with Gasteiger partial charge in [-0.25, -0.2) is 0 Å². The number of hydrogen-bond donors (Lipinski definition) is 2. The second kappa shape index (κ2) is 8.99. The van der Waals surface area contributed by atoms with Gasteiger partial charge in [0.25, 0.3) is 0 Å². The molecule has 162 valence electrons. The Balaban J connectivity index is 1.84. The molecular formula is C24H27ClN4OS. The van der Waals surface area contributed by atoms with E-state index in [1.165, 1.54) is 5.56 Å². The van der Waals surface area contributed by atoms with Crippen molar-refractivity contribution in [3.8, 4) is 5.69 Å². The van der Waals surface area contributed by atoms with E-state index in [2.05, 4.69) is 46.6 Å². The molecule has 0 spiro atoms. The second-order valence-corrected chi connectivity index (χ2v) is 8.81. The molecule has 3 heterocycles. The van der Waals surface area contributed by atoms with Crippen LogP contribution in [0.15, 0.2) is 48.7 Å². The van der Waals surface area contributed by atoms with Gasteiger partial charge in [0.1, 0.15) is 0 Å². The zero-order valence-corrected chi connectivity index (χ0v) is 19.5. The molecule has 1 aliphatic heterocycles. The summed E-state index contributed by atoms with van der Waals surface area (Å²) in [4.78, 5) is 6.79. The number of pyridine rings is 1. The lowest BCUT2D eigenvalue weighted by atomic mass is 9.96. The first-order valence-corrected chi connectivity index (χ1v) is 11.2. The van der Waals surface area contributed by atoms with Gasteiger partial charge in [0.05, 0.1) is 17.8 Å². The van der Waals surface area contributed by atoms with Crippen LogP contribution in [-0.2, 0) is 0 Å². The maximum atomic E-state index is 9.44. The summed E-state index contributed by atoms with van der Waals surface area (Å²) in [6.07, 6.45) is 2.46. The molecule has 2 atom stereocenters. The lowest BCUT2D eigenvalue weighted by molar-refractivity contribution is 0.247. The zero-order chi connectivity index (χ0) is 22.1. The third-order valence-corrected chi connectivity index (χ3v) is 6.54. The third-order valence-electron chi connectivity index (χ3n) is 5.96. The zero-order valence-electron chi connectivity index (χ0n) is 18.0. The average Bonchev–Trinajstić information content (AvgIpc) is 3.24. The molecule has 5 nitrogen and oxygen atoms in total. The van der Waals surface area contributed by atoms with Crippen molar-refractivity contribution >= 4 is 28.9 Å². The topological polar surface area (TPSA) is 53.3 Å². The van der Waals surface area contributed by atoms with Crippen LogP contribution in [0.3, 0.4) is 0 Å². The number of halogens is 1. The van der Waals surface area contributed by atoms with Crippen molar-refractivity contribution in [3.63, 3.8) is 0 Å². The fourth-order valence-electron chi connectivity index (χ4n) is 4.51. The van der Waals surface area contributed by atoms with Gasteiger partial charge < -0.3 is 19.9 Å². The van der Waals surface area contributed by atoms with Crippen molar-refractivity contribution in [2.75, 3.05) is 13.2 Å². The minimum absolute atomic E-state index is 0.0200. The van der Waals surface area contributed by atoms with E-state index in [0.717, 1.165) is 28.3 Å². The number of nitrogens with one attached hydrogen (secondary N) is 1. The molecular weight excluding hydrogens is 428 g/mol. The number of nitrogens with zero attached hydrogens (tertiary/aromatic N) is 3. The number of aromatic nitrogens is 2. The van der Waals surface area contributed by atoms with E-state index in [9.17, 15) is 5.11 Å². The summed E-state index contributed by atoms with van der Waals surface area (Å²) < 4.78 is 2.26. The number of aryl methyl sites for hydroxylation is 2. The number of benzene rings is 1. The van der Waals surface area contributed by atoms with Crippen LogP contribution in [0.25, 0.3) is 5.69 Å². The highest BCUT2D eigenvalue weighted by atomic mass is 35.5. The number of hydrogen-bond acceptors (Lipinski definition) is 3. The molecule has 0 unspecified atom stereocenters. The molecule has 0 amide bonds. The van der Waals surface area contributed by atoms with Crippen LogP contribution in [-0.4, -0.2) is 37.8 Å². The van der Waals surface area contributed by atoms with Crippen LogP contribution in [0.2, 0.25) is 5.02 Å². The maximum absolute atomic E-state index is 9.44. The molecule has 3 aromatic rings. The summed E-state index contributed by atoms with van der Waals surface area (Å²) >= 11 is 12.0. The van der Waals surface area contributed by atoms with Gasteiger partial charge in [-0.15, -0.1) is 0 Å². The van der Waals surface area contributed by atoms with E-state index in [1.807, 2.05) is 42.6 Å². The van der Waals surface area contributed by atoms with Crippen molar-refractivity contribution in [1.29, 1.82) is 0 Å². The largest absolute Gasteiger partial charge is 0.396 e. The quantitative estimate of drug-likeness (QED) is 0.523. The standard InChI is InChI=1S/C24H27ClN4OS/c1-15-8-9-18(25)14-21(15)29-16(2)13-19(17(29)3)23-22(20-7-4-5-10-26-20)27-24(31)28(23)11-6-12-30/h4-5,7-10,13-14,22-23,30H,6,11-12H2,1-3H3,(H,27,31)/t22-,23+/m1/s1. The summed E-state index contributed by atoms with van der Waals surface area (Å²) in [5.74, 6) is 0. The molecule has 7 heteroatoms. The van der Waals surface area contributed by atoms with Crippen molar-refractivity contribution in [2.24, 2.45) is 0 Å². The Labute approximate surface area is 193 Å². The number of aliphatic hydroxyl groups is 1. The smallest absolute Gasteiger partial charge is 0.170 e. The molecule has 1 aromatic carbocycles. The van der Waals surface area contributed by atoms with Gasteiger partial charge in [-0.1, -0.05) is 23.7 Å². The fraction of sp³-hybridized carbons (Fsp3) is 0.333. The number of thiocarbonyl (C=S) groups is 1. The molecule has 4 rings (SSSR count). The van der Waals surface area contributed by atoms with Crippen molar-refractivity contribution in [2.45, 2.75) is 39.3 Å². The minimum Gasteiger partial charge on any atom is -0.396 e. The van der Waals surface area contributed by atoms with Crippen LogP contribution < -0.4 is 5.32 Å². The molecule has 2 N–H and O–H groups in total. The first-order valence-electron chi connectivity index (χ1n) is 10.5. The van der Waals surface area contributed by atoms with Gasteiger partial charge in [-0.05, 0) is 80.9 Å². The summed E-state index contributed by atoms with van der Waals surface area (Å²) in [6, 6.07) is 14.1. The lowest BCUT2D eigenvalue weighted by Crippen LogP contribution is -2.31. The van der Waals surface area contributed by atoms with Crippen LogP contribution in [0.5, 0.6) is 0 Å². The predicted molar refractivity (Wildman–Crippen MR) is 129 cm³/mol. The Morgan fingerprint density at radius 3 is 2.68 bits per heavy atom. The average molecular weight is 455 g/mol. The Kier molecular flexibility index (Phi) is 6.32. The summed E-state index contributed by atoms with van der Waals surface area (Å²) in [5, 5.41) is 14.3. The highest BCUT2D eigenvalue weighted by molar-refractivity contribution is 7.80. The van der Waals surface area contributed by atoms with Gasteiger partial charge >= 0.3 is 0 Å². The Hall–Kier alpha value is -2.41. The van der Waals surface area contributed by atoms with E-state index in [0.29, 0.717) is 23.1 Å². The molecule has 31 heavy (non-hydrogen) atoms. The van der Waals surface area contributed by atoms with E-state index < -0.39 is 0 Å². The van der Waals surface area contributed by atoms with E-state index in [1.54, 1.807) is 0 Å². The van der Waals surface area contributed by atoms with Gasteiger partial charge in [-0.2, -0.15) is 0 Å². The Bertz CT molecular complexity index is 1100. The molecule has 1 aliphatic rings. The Morgan fingerprint density at radius 2 is 1.97 bits per heavy atom. The van der Waals surface area contributed by atoms with E-state index in [-0.39, 0.29) is 18.7 Å². The van der Waals surface area contributed by atoms with Gasteiger partial charge in [-0.3, -0.25) is 4.98 Å². The summed E-state index contributed by atoms with van der Waals surface area (Å²) in [5.41, 5.74) is 6.67. The molecule has 0 radical (unpaired) electrons. The van der Waals surface area contributed by atoms with Crippen LogP contribution in [0, 0.1) is 20.8 Å². The lowest BCUT2D eigenvalue weighted by Gasteiger charge is -2.28. The second-order valence-electron chi connectivity index (χ2n) is 7.99. The molecule has 1 fully saturated rings. The molecule has 0 aliphatic carbocycles. The van der Waals surface area contributed by atoms with E-state index >= 15 is 0 Å². The van der Waals surface area contributed by atoms with Gasteiger partial charge in [0, 0.05) is 41.4 Å². The normalized spacial score (nSPS) is 18.5. The number of rotatable bonds is 6. The summed E-state index contributed by atoms with van der Waals surface area (Å²) in [7, 11) is 0. The number of aliphatic hydroxyl groups excluding tert-OH is 1. The molecule has 2 aromatic heterocycles. The SMILES string of the molecule is Cc1ccc(Cl)cc1-n1c(C)cc([C@H]2[C@@H](c3ccccn3)NC(=S)N2CCCO)c1C. The predicted octanol–water partition coefficient (Wildman–Crippen LogP) is 4.81. The van der Waals surface area contributed by atoms with Crippen LogP contribution in [0.1, 0.15) is 46.7 Å². The maximum Gasteiger partial charge on any atom is 0.170 e. The molecule has 0 saturated carbocycles. The molecule has 0 bridgehead atoms. The monoisotopic (exact) mass is 454 g/mol. The fourth-order valence-corrected chi connectivity index (χ4v) is 5.01. The highest BCUT2D eigenvalue weighted by Crippen LogP contribution is 2.41. The van der Waals surface area contributed by atoms with Gasteiger partial charge in [0.2, 0.25) is 0 Å². The Morgan fingerprint density at radius 1 is 1.16 bits per heavy atom. The first-order chi connectivity index (χ1) is 14.9. The van der Waals surface area contributed by atoms with Crippen LogP contribution >= 0.6 is 23.8 Å².